The summed E-state index contributed by atoms with van der Waals surface area (Å²) in [5, 5.41) is 0.757. The van der Waals surface area contributed by atoms with Gasteiger partial charge in [-0.25, -0.2) is 4.98 Å². The Hall–Kier alpha value is -1.32. The number of halogens is 1. The smallest absolute Gasteiger partial charge is 0.106 e. The molecule has 0 bridgehead atoms. The SMILES string of the molecule is Cc1nc(C(C)N)cn1Cc1cccc(Cl)c1. The number of hydrogen-bond donors (Lipinski definition) is 1. The summed E-state index contributed by atoms with van der Waals surface area (Å²) in [4.78, 5) is 4.43. The molecule has 0 fully saturated rings. The fourth-order valence-electron chi connectivity index (χ4n) is 1.74. The van der Waals surface area contributed by atoms with Crippen LogP contribution in [0, 0.1) is 6.92 Å². The lowest BCUT2D eigenvalue weighted by molar-refractivity contribution is 0.759. The van der Waals surface area contributed by atoms with E-state index in [1.54, 1.807) is 0 Å². The van der Waals surface area contributed by atoms with Gasteiger partial charge in [0, 0.05) is 23.8 Å². The Balaban J connectivity index is 2.24. The molecular formula is C13H16ClN3. The maximum Gasteiger partial charge on any atom is 0.106 e. The molecule has 1 unspecified atom stereocenters. The number of aromatic nitrogens is 2. The van der Waals surface area contributed by atoms with Gasteiger partial charge in [0.25, 0.3) is 0 Å². The first-order chi connectivity index (χ1) is 8.06. The maximum absolute atomic E-state index is 5.96. The molecule has 0 aliphatic rings. The first-order valence-electron chi connectivity index (χ1n) is 5.60. The van der Waals surface area contributed by atoms with Crippen LogP contribution in [0.4, 0.5) is 0 Å². The van der Waals surface area contributed by atoms with Crippen molar-refractivity contribution in [2.45, 2.75) is 26.4 Å². The Morgan fingerprint density at radius 1 is 1.47 bits per heavy atom. The number of rotatable bonds is 3. The number of hydrogen-bond acceptors (Lipinski definition) is 2. The Labute approximate surface area is 106 Å². The van der Waals surface area contributed by atoms with E-state index in [1.807, 2.05) is 38.2 Å². The molecule has 1 aromatic carbocycles. The predicted molar refractivity (Wildman–Crippen MR) is 70.1 cm³/mol. The number of aryl methyl sites for hydroxylation is 1. The predicted octanol–water partition coefficient (Wildman–Crippen LogP) is 2.91. The van der Waals surface area contributed by atoms with Crippen LogP contribution in [0.5, 0.6) is 0 Å². The molecule has 90 valence electrons. The van der Waals surface area contributed by atoms with Gasteiger partial charge in [0.15, 0.2) is 0 Å². The molecule has 4 heteroatoms. The van der Waals surface area contributed by atoms with Crippen molar-refractivity contribution in [1.29, 1.82) is 0 Å². The molecule has 0 amide bonds. The van der Waals surface area contributed by atoms with E-state index in [0.29, 0.717) is 0 Å². The van der Waals surface area contributed by atoms with E-state index >= 15 is 0 Å². The molecular weight excluding hydrogens is 234 g/mol. The van der Waals surface area contributed by atoms with Crippen LogP contribution in [0.25, 0.3) is 0 Å². The van der Waals surface area contributed by atoms with Crippen molar-refractivity contribution in [3.8, 4) is 0 Å². The fraction of sp³-hybridized carbons (Fsp3) is 0.308. The van der Waals surface area contributed by atoms with Crippen molar-refractivity contribution >= 4 is 11.6 Å². The number of benzene rings is 1. The van der Waals surface area contributed by atoms with Crippen LogP contribution in [0.15, 0.2) is 30.5 Å². The largest absolute Gasteiger partial charge is 0.330 e. The lowest BCUT2D eigenvalue weighted by Gasteiger charge is -2.05. The Kier molecular flexibility index (Phi) is 3.50. The van der Waals surface area contributed by atoms with Gasteiger partial charge in [0.05, 0.1) is 5.69 Å². The van der Waals surface area contributed by atoms with Crippen molar-refractivity contribution in [3.05, 3.63) is 52.6 Å². The van der Waals surface area contributed by atoms with Gasteiger partial charge in [-0.2, -0.15) is 0 Å². The highest BCUT2D eigenvalue weighted by Gasteiger charge is 2.07. The van der Waals surface area contributed by atoms with Gasteiger partial charge in [0.2, 0.25) is 0 Å². The zero-order valence-corrected chi connectivity index (χ0v) is 10.8. The van der Waals surface area contributed by atoms with Crippen LogP contribution < -0.4 is 5.73 Å². The highest BCUT2D eigenvalue weighted by atomic mass is 35.5. The molecule has 0 saturated carbocycles. The Morgan fingerprint density at radius 3 is 2.82 bits per heavy atom. The summed E-state index contributed by atoms with van der Waals surface area (Å²) < 4.78 is 2.09. The molecule has 0 spiro atoms. The van der Waals surface area contributed by atoms with E-state index in [4.69, 9.17) is 17.3 Å². The van der Waals surface area contributed by atoms with E-state index in [1.165, 1.54) is 0 Å². The van der Waals surface area contributed by atoms with E-state index in [9.17, 15) is 0 Å². The normalized spacial score (nSPS) is 12.7. The van der Waals surface area contributed by atoms with Crippen molar-refractivity contribution < 1.29 is 0 Å². The van der Waals surface area contributed by atoms with Gasteiger partial charge in [-0.1, -0.05) is 23.7 Å². The van der Waals surface area contributed by atoms with Gasteiger partial charge in [-0.05, 0) is 31.5 Å². The molecule has 17 heavy (non-hydrogen) atoms. The first-order valence-corrected chi connectivity index (χ1v) is 5.98. The number of imidazole rings is 1. The molecule has 0 aliphatic heterocycles. The second kappa shape index (κ2) is 4.90. The lowest BCUT2D eigenvalue weighted by atomic mass is 10.2. The Morgan fingerprint density at radius 2 is 2.24 bits per heavy atom. The van der Waals surface area contributed by atoms with Crippen molar-refractivity contribution in [2.24, 2.45) is 5.73 Å². The first kappa shape index (κ1) is 12.1. The van der Waals surface area contributed by atoms with Crippen LogP contribution >= 0.6 is 11.6 Å². The van der Waals surface area contributed by atoms with E-state index in [0.717, 1.165) is 28.6 Å². The minimum absolute atomic E-state index is 0.0330. The zero-order valence-electron chi connectivity index (χ0n) is 10.0. The van der Waals surface area contributed by atoms with E-state index in [-0.39, 0.29) is 6.04 Å². The second-order valence-electron chi connectivity index (χ2n) is 4.26. The van der Waals surface area contributed by atoms with Gasteiger partial charge < -0.3 is 10.3 Å². The minimum atomic E-state index is -0.0330. The second-order valence-corrected chi connectivity index (χ2v) is 4.70. The highest BCUT2D eigenvalue weighted by Crippen LogP contribution is 2.15. The summed E-state index contributed by atoms with van der Waals surface area (Å²) >= 11 is 5.96. The highest BCUT2D eigenvalue weighted by molar-refractivity contribution is 6.30. The average molecular weight is 250 g/mol. The summed E-state index contributed by atoms with van der Waals surface area (Å²) in [7, 11) is 0. The standard InChI is InChI=1S/C13H16ClN3/c1-9(15)13-8-17(10(2)16-13)7-11-4-3-5-12(14)6-11/h3-6,8-9H,7,15H2,1-2H3. The monoisotopic (exact) mass is 249 g/mol. The van der Waals surface area contributed by atoms with Crippen LogP contribution in [-0.4, -0.2) is 9.55 Å². The molecule has 0 saturated heterocycles. The number of nitrogens with zero attached hydrogens (tertiary/aromatic N) is 2. The molecule has 2 N–H and O–H groups in total. The average Bonchev–Trinajstić information content (AvgIpc) is 2.61. The maximum atomic E-state index is 5.96. The zero-order chi connectivity index (χ0) is 12.4. The summed E-state index contributed by atoms with van der Waals surface area (Å²) in [5.41, 5.74) is 7.90. The topological polar surface area (TPSA) is 43.8 Å². The summed E-state index contributed by atoms with van der Waals surface area (Å²) in [5.74, 6) is 0.970. The molecule has 3 nitrogen and oxygen atoms in total. The van der Waals surface area contributed by atoms with Crippen LogP contribution in [-0.2, 0) is 6.54 Å². The lowest BCUT2D eigenvalue weighted by Crippen LogP contribution is -2.05. The van der Waals surface area contributed by atoms with Gasteiger partial charge >= 0.3 is 0 Å². The van der Waals surface area contributed by atoms with Crippen molar-refractivity contribution in [3.63, 3.8) is 0 Å². The minimum Gasteiger partial charge on any atom is -0.330 e. The summed E-state index contributed by atoms with van der Waals surface area (Å²) in [6, 6.07) is 7.81. The van der Waals surface area contributed by atoms with E-state index in [2.05, 4.69) is 15.6 Å². The van der Waals surface area contributed by atoms with Gasteiger partial charge in [-0.15, -0.1) is 0 Å². The molecule has 0 radical (unpaired) electrons. The summed E-state index contributed by atoms with van der Waals surface area (Å²) in [6.07, 6.45) is 2.00. The molecule has 2 rings (SSSR count). The molecule has 1 aromatic heterocycles. The number of nitrogens with two attached hydrogens (primary N) is 1. The molecule has 2 aromatic rings. The van der Waals surface area contributed by atoms with Crippen molar-refractivity contribution in [1.82, 2.24) is 9.55 Å². The third kappa shape index (κ3) is 2.87. The quantitative estimate of drug-likeness (QED) is 0.909. The van der Waals surface area contributed by atoms with Crippen LogP contribution in [0.1, 0.15) is 30.0 Å². The van der Waals surface area contributed by atoms with Gasteiger partial charge in [0.1, 0.15) is 5.82 Å². The van der Waals surface area contributed by atoms with Gasteiger partial charge in [-0.3, -0.25) is 0 Å². The third-order valence-electron chi connectivity index (χ3n) is 2.70. The van der Waals surface area contributed by atoms with Crippen LogP contribution in [0.3, 0.4) is 0 Å². The molecule has 1 atom stereocenters. The molecule has 0 aliphatic carbocycles. The van der Waals surface area contributed by atoms with E-state index < -0.39 is 0 Å². The van der Waals surface area contributed by atoms with Crippen molar-refractivity contribution in [2.75, 3.05) is 0 Å². The Bertz CT molecular complexity index is 517. The summed E-state index contributed by atoms with van der Waals surface area (Å²) in [6.45, 7) is 4.69. The molecule has 1 heterocycles. The van der Waals surface area contributed by atoms with Crippen LogP contribution in [0.2, 0.25) is 5.02 Å². The fourth-order valence-corrected chi connectivity index (χ4v) is 1.96. The third-order valence-corrected chi connectivity index (χ3v) is 2.94.